The molecule has 34 heavy (non-hydrogen) atoms. The number of carbonyl (C=O) groups excluding carboxylic acids is 2. The van der Waals surface area contributed by atoms with Gasteiger partial charge in [0.25, 0.3) is 0 Å². The minimum atomic E-state index is -0.598. The highest BCUT2D eigenvalue weighted by molar-refractivity contribution is 9.10. The molecule has 3 aromatic carbocycles. The molecule has 1 aliphatic rings. The summed E-state index contributed by atoms with van der Waals surface area (Å²) in [7, 11) is 0. The Labute approximate surface area is 208 Å². The van der Waals surface area contributed by atoms with Crippen molar-refractivity contribution in [3.8, 4) is 5.75 Å². The summed E-state index contributed by atoms with van der Waals surface area (Å²) in [4.78, 5) is 27.5. The summed E-state index contributed by atoms with van der Waals surface area (Å²) in [5.74, 6) is 0.194. The molecule has 2 atom stereocenters. The summed E-state index contributed by atoms with van der Waals surface area (Å²) < 4.78 is 12.3. The van der Waals surface area contributed by atoms with Crippen molar-refractivity contribution < 1.29 is 19.1 Å². The molecule has 1 aliphatic heterocycles. The summed E-state index contributed by atoms with van der Waals surface area (Å²) in [5, 5.41) is 0. The first-order valence-electron chi connectivity index (χ1n) is 11.6. The van der Waals surface area contributed by atoms with Gasteiger partial charge in [-0.3, -0.25) is 4.79 Å². The van der Waals surface area contributed by atoms with Crippen LogP contribution in [0.5, 0.6) is 5.75 Å². The minimum Gasteiger partial charge on any atom is -0.493 e. The summed E-state index contributed by atoms with van der Waals surface area (Å²) >= 11 is 3.58. The maximum atomic E-state index is 13.6. The zero-order chi connectivity index (χ0) is 23.9. The number of imide groups is 1. The van der Waals surface area contributed by atoms with Crippen LogP contribution in [0.15, 0.2) is 83.3 Å². The lowest BCUT2D eigenvalue weighted by molar-refractivity contribution is -0.129. The SMILES string of the molecule is CCCCOc1ccc(Br)cc1[C@@H](CC(=O)N1C(=O)OC[C@H]1c1ccccc1)c1ccccc1. The molecule has 0 N–H and O–H groups in total. The van der Waals surface area contributed by atoms with Crippen molar-refractivity contribution in [3.05, 3.63) is 100 Å². The van der Waals surface area contributed by atoms with Crippen molar-refractivity contribution in [2.75, 3.05) is 13.2 Å². The largest absolute Gasteiger partial charge is 0.493 e. The van der Waals surface area contributed by atoms with Gasteiger partial charge >= 0.3 is 6.09 Å². The van der Waals surface area contributed by atoms with Crippen LogP contribution in [0.25, 0.3) is 0 Å². The van der Waals surface area contributed by atoms with Gasteiger partial charge in [-0.25, -0.2) is 9.69 Å². The zero-order valence-corrected chi connectivity index (χ0v) is 20.7. The molecule has 0 aliphatic carbocycles. The quantitative estimate of drug-likeness (QED) is 0.288. The van der Waals surface area contributed by atoms with E-state index in [1.165, 1.54) is 4.90 Å². The van der Waals surface area contributed by atoms with E-state index in [1.54, 1.807) is 0 Å². The van der Waals surface area contributed by atoms with Gasteiger partial charge < -0.3 is 9.47 Å². The van der Waals surface area contributed by atoms with Crippen LogP contribution in [0.2, 0.25) is 0 Å². The average molecular weight is 522 g/mol. The van der Waals surface area contributed by atoms with E-state index in [-0.39, 0.29) is 24.9 Å². The monoisotopic (exact) mass is 521 g/mol. The number of nitrogens with zero attached hydrogens (tertiary/aromatic N) is 1. The van der Waals surface area contributed by atoms with Crippen molar-refractivity contribution in [3.63, 3.8) is 0 Å². The molecule has 6 heteroatoms. The normalized spacial score (nSPS) is 16.2. The highest BCUT2D eigenvalue weighted by Gasteiger charge is 2.40. The molecule has 2 amide bonds. The molecule has 1 fully saturated rings. The van der Waals surface area contributed by atoms with Gasteiger partial charge in [0.05, 0.1) is 6.61 Å². The fourth-order valence-electron chi connectivity index (χ4n) is 4.23. The molecule has 3 aromatic rings. The minimum absolute atomic E-state index is 0.114. The Kier molecular flexibility index (Phi) is 8.01. The second-order valence-electron chi connectivity index (χ2n) is 8.32. The van der Waals surface area contributed by atoms with Gasteiger partial charge in [0.2, 0.25) is 5.91 Å². The molecule has 1 saturated heterocycles. The molecule has 0 spiro atoms. The number of rotatable bonds is 9. The number of ether oxygens (including phenoxy) is 2. The van der Waals surface area contributed by atoms with Gasteiger partial charge in [0.15, 0.2) is 0 Å². The van der Waals surface area contributed by atoms with E-state index in [4.69, 9.17) is 9.47 Å². The van der Waals surface area contributed by atoms with Crippen LogP contribution in [-0.4, -0.2) is 30.1 Å². The van der Waals surface area contributed by atoms with Crippen LogP contribution < -0.4 is 4.74 Å². The number of benzene rings is 3. The molecule has 0 aromatic heterocycles. The van der Waals surface area contributed by atoms with Crippen molar-refractivity contribution in [2.45, 2.75) is 38.1 Å². The van der Waals surface area contributed by atoms with E-state index in [0.29, 0.717) is 6.61 Å². The molecule has 0 bridgehead atoms. The zero-order valence-electron chi connectivity index (χ0n) is 19.2. The maximum Gasteiger partial charge on any atom is 0.417 e. The fourth-order valence-corrected chi connectivity index (χ4v) is 4.61. The predicted octanol–water partition coefficient (Wildman–Crippen LogP) is 6.87. The smallest absolute Gasteiger partial charge is 0.417 e. The second-order valence-corrected chi connectivity index (χ2v) is 9.23. The number of halogens is 1. The third-order valence-corrected chi connectivity index (χ3v) is 6.50. The number of hydrogen-bond acceptors (Lipinski definition) is 4. The van der Waals surface area contributed by atoms with Crippen LogP contribution in [-0.2, 0) is 9.53 Å². The second kappa shape index (κ2) is 11.3. The first-order chi connectivity index (χ1) is 16.6. The van der Waals surface area contributed by atoms with E-state index in [1.807, 2.05) is 78.9 Å². The summed E-state index contributed by atoms with van der Waals surface area (Å²) in [6, 6.07) is 24.9. The standard InChI is InChI=1S/C28H28BrNO4/c1-2-3-16-33-26-15-14-22(29)17-24(26)23(20-10-6-4-7-11-20)18-27(31)30-25(19-34-28(30)32)21-12-8-5-9-13-21/h4-15,17,23,25H,2-3,16,18-19H2,1H3/t23-,25-/m0/s1. The van der Waals surface area contributed by atoms with Gasteiger partial charge in [-0.1, -0.05) is 89.9 Å². The van der Waals surface area contributed by atoms with Crippen molar-refractivity contribution in [2.24, 2.45) is 0 Å². The summed E-state index contributed by atoms with van der Waals surface area (Å²) in [5.41, 5.74) is 2.77. The van der Waals surface area contributed by atoms with Gasteiger partial charge in [-0.2, -0.15) is 0 Å². The molecule has 5 nitrogen and oxygen atoms in total. The first-order valence-corrected chi connectivity index (χ1v) is 12.4. The molecule has 4 rings (SSSR count). The Balaban J connectivity index is 1.67. The topological polar surface area (TPSA) is 55.8 Å². The van der Waals surface area contributed by atoms with Gasteiger partial charge in [-0.15, -0.1) is 0 Å². The van der Waals surface area contributed by atoms with E-state index in [9.17, 15) is 9.59 Å². The van der Waals surface area contributed by atoms with Gasteiger partial charge in [0, 0.05) is 22.4 Å². The third-order valence-electron chi connectivity index (χ3n) is 6.01. The molecule has 0 saturated carbocycles. The van der Waals surface area contributed by atoms with Crippen LogP contribution >= 0.6 is 15.9 Å². The Morgan fingerprint density at radius 3 is 2.50 bits per heavy atom. The molecular weight excluding hydrogens is 494 g/mol. The Morgan fingerprint density at radius 2 is 1.79 bits per heavy atom. The highest BCUT2D eigenvalue weighted by Crippen LogP contribution is 2.38. The molecule has 1 heterocycles. The predicted molar refractivity (Wildman–Crippen MR) is 135 cm³/mol. The summed E-state index contributed by atoms with van der Waals surface area (Å²) in [6.45, 7) is 2.89. The lowest BCUT2D eigenvalue weighted by atomic mass is 9.87. The highest BCUT2D eigenvalue weighted by atomic mass is 79.9. The molecule has 0 unspecified atom stereocenters. The van der Waals surface area contributed by atoms with Crippen molar-refractivity contribution in [1.82, 2.24) is 4.90 Å². The van der Waals surface area contributed by atoms with Crippen molar-refractivity contribution in [1.29, 1.82) is 0 Å². The Bertz CT molecular complexity index is 1120. The van der Waals surface area contributed by atoms with Crippen LogP contribution in [0, 0.1) is 0 Å². The molecular formula is C28H28BrNO4. The number of unbranched alkanes of at least 4 members (excludes halogenated alkanes) is 1. The summed E-state index contributed by atoms with van der Waals surface area (Å²) in [6.07, 6.45) is 1.50. The van der Waals surface area contributed by atoms with Crippen LogP contribution in [0.3, 0.4) is 0 Å². The lowest BCUT2D eigenvalue weighted by Gasteiger charge is -2.25. The lowest BCUT2D eigenvalue weighted by Crippen LogP contribution is -2.35. The number of carbonyl (C=O) groups is 2. The Hall–Kier alpha value is -3.12. The van der Waals surface area contributed by atoms with E-state index < -0.39 is 12.1 Å². The number of hydrogen-bond donors (Lipinski definition) is 0. The van der Waals surface area contributed by atoms with Crippen molar-refractivity contribution >= 4 is 27.9 Å². The van der Waals surface area contributed by atoms with Crippen LogP contribution in [0.4, 0.5) is 4.79 Å². The average Bonchev–Trinajstić information content (AvgIpc) is 3.26. The number of amides is 2. The maximum absolute atomic E-state index is 13.6. The van der Waals surface area contributed by atoms with E-state index in [2.05, 4.69) is 22.9 Å². The van der Waals surface area contributed by atoms with Crippen LogP contribution in [0.1, 0.15) is 54.8 Å². The Morgan fingerprint density at radius 1 is 1.09 bits per heavy atom. The molecule has 176 valence electrons. The third kappa shape index (κ3) is 5.50. The van der Waals surface area contributed by atoms with Gasteiger partial charge in [0.1, 0.15) is 18.4 Å². The molecule has 0 radical (unpaired) electrons. The number of cyclic esters (lactones) is 1. The van der Waals surface area contributed by atoms with E-state index >= 15 is 0 Å². The fraction of sp³-hybridized carbons (Fsp3) is 0.286. The van der Waals surface area contributed by atoms with E-state index in [0.717, 1.165) is 39.8 Å². The first kappa shape index (κ1) is 24.0. The van der Waals surface area contributed by atoms with Gasteiger partial charge in [-0.05, 0) is 35.7 Å².